The maximum absolute atomic E-state index is 9.47. The Bertz CT molecular complexity index is 900. The zero-order valence-corrected chi connectivity index (χ0v) is 14.1. The van der Waals surface area contributed by atoms with Gasteiger partial charge in [0.2, 0.25) is 0 Å². The summed E-state index contributed by atoms with van der Waals surface area (Å²) < 4.78 is 16.5. The van der Waals surface area contributed by atoms with Crippen LogP contribution in [0, 0.1) is 0 Å². The molecule has 0 aliphatic heterocycles. The number of benzene rings is 3. The summed E-state index contributed by atoms with van der Waals surface area (Å²) >= 11 is 0. The molecule has 5 heteroatoms. The van der Waals surface area contributed by atoms with Crippen LogP contribution in [-0.4, -0.2) is 31.7 Å². The Morgan fingerprint density at radius 3 is 2.48 bits per heavy atom. The molecule has 0 aliphatic rings. The first-order valence-electron chi connectivity index (χ1n) is 7.80. The Morgan fingerprint density at radius 2 is 1.72 bits per heavy atom. The lowest BCUT2D eigenvalue weighted by atomic mass is 10.1. The van der Waals surface area contributed by atoms with Gasteiger partial charge in [0.25, 0.3) is 0 Å². The number of nitrogens with zero attached hydrogens (tertiary/aromatic N) is 1. The molecule has 0 unspecified atom stereocenters. The third kappa shape index (κ3) is 3.50. The van der Waals surface area contributed by atoms with E-state index in [9.17, 15) is 5.21 Å². The maximum atomic E-state index is 9.47. The van der Waals surface area contributed by atoms with Crippen molar-refractivity contribution in [3.63, 3.8) is 0 Å². The van der Waals surface area contributed by atoms with Crippen LogP contribution in [0.4, 0.5) is 0 Å². The lowest BCUT2D eigenvalue weighted by Gasteiger charge is -2.13. The molecule has 0 heterocycles. The van der Waals surface area contributed by atoms with Gasteiger partial charge in [0, 0.05) is 10.9 Å². The molecule has 0 spiro atoms. The molecule has 0 aliphatic carbocycles. The molecule has 3 aromatic carbocycles. The van der Waals surface area contributed by atoms with Crippen LogP contribution in [0.1, 0.15) is 5.56 Å². The number of hydrogen-bond acceptors (Lipinski definition) is 5. The van der Waals surface area contributed by atoms with Gasteiger partial charge in [-0.05, 0) is 29.7 Å². The largest absolute Gasteiger partial charge is 0.497 e. The van der Waals surface area contributed by atoms with Crippen molar-refractivity contribution in [2.24, 2.45) is 5.16 Å². The molecule has 0 aromatic heterocycles. The van der Waals surface area contributed by atoms with Crippen LogP contribution >= 0.6 is 0 Å². The molecule has 25 heavy (non-hydrogen) atoms. The number of rotatable bonds is 6. The summed E-state index contributed by atoms with van der Waals surface area (Å²) in [5, 5.41) is 14.9. The molecular formula is C20H19NO4. The second-order valence-electron chi connectivity index (χ2n) is 5.38. The average Bonchev–Trinajstić information content (AvgIpc) is 2.68. The maximum Gasteiger partial charge on any atom is 0.134 e. The van der Waals surface area contributed by atoms with Crippen molar-refractivity contribution >= 4 is 16.5 Å². The molecule has 1 N–H and O–H groups in total. The van der Waals surface area contributed by atoms with Crippen molar-refractivity contribution < 1.29 is 19.4 Å². The molecule has 5 nitrogen and oxygen atoms in total. The highest BCUT2D eigenvalue weighted by molar-refractivity contribution is 6.04. The lowest BCUT2D eigenvalue weighted by Crippen LogP contribution is -2.14. The van der Waals surface area contributed by atoms with Crippen LogP contribution in [0.5, 0.6) is 17.2 Å². The third-order valence-electron chi connectivity index (χ3n) is 3.95. The molecule has 3 rings (SSSR count). The number of methoxy groups -OCH3 is 2. The Kier molecular flexibility index (Phi) is 5.04. The van der Waals surface area contributed by atoms with Gasteiger partial charge in [-0.15, -0.1) is 0 Å². The predicted molar refractivity (Wildman–Crippen MR) is 97.3 cm³/mol. The van der Waals surface area contributed by atoms with Crippen LogP contribution in [-0.2, 0) is 0 Å². The van der Waals surface area contributed by atoms with E-state index in [1.165, 1.54) is 0 Å². The van der Waals surface area contributed by atoms with E-state index in [1.54, 1.807) is 32.4 Å². The zero-order chi connectivity index (χ0) is 17.6. The Balaban J connectivity index is 1.88. The van der Waals surface area contributed by atoms with Gasteiger partial charge in [-0.2, -0.15) is 0 Å². The highest BCUT2D eigenvalue weighted by Gasteiger charge is 2.14. The Morgan fingerprint density at radius 1 is 0.920 bits per heavy atom. The molecule has 0 fully saturated rings. The van der Waals surface area contributed by atoms with Crippen molar-refractivity contribution in [1.29, 1.82) is 0 Å². The first-order valence-corrected chi connectivity index (χ1v) is 7.80. The minimum absolute atomic E-state index is 0.0913. The fourth-order valence-electron chi connectivity index (χ4n) is 2.67. The van der Waals surface area contributed by atoms with E-state index in [4.69, 9.17) is 14.2 Å². The summed E-state index contributed by atoms with van der Waals surface area (Å²) in [5.41, 5.74) is 0.966. The van der Waals surface area contributed by atoms with Crippen molar-refractivity contribution in [2.45, 2.75) is 0 Å². The van der Waals surface area contributed by atoms with Gasteiger partial charge >= 0.3 is 0 Å². The quantitative estimate of drug-likeness (QED) is 0.418. The van der Waals surface area contributed by atoms with Gasteiger partial charge < -0.3 is 19.4 Å². The average molecular weight is 337 g/mol. The van der Waals surface area contributed by atoms with Gasteiger partial charge in [0.1, 0.15) is 29.6 Å². The molecular weight excluding hydrogens is 318 g/mol. The summed E-state index contributed by atoms with van der Waals surface area (Å²) in [7, 11) is 3.14. The van der Waals surface area contributed by atoms with Crippen molar-refractivity contribution in [3.05, 3.63) is 66.2 Å². The lowest BCUT2D eigenvalue weighted by molar-refractivity contribution is 0.308. The standard InChI is InChI=1S/C20H19NO4/c1-23-15-10-11-19(24-2)17(12-15)18(21-22)13-25-20-9-5-7-14-6-3-4-8-16(14)20/h3-12,22H,13H2,1-2H3/b21-18+. The molecule has 3 aromatic rings. The number of fused-ring (bicyclic) bond motifs is 1. The second kappa shape index (κ2) is 7.57. The van der Waals surface area contributed by atoms with Crippen LogP contribution in [0.25, 0.3) is 10.8 Å². The highest BCUT2D eigenvalue weighted by Crippen LogP contribution is 2.27. The normalized spacial score (nSPS) is 11.4. The Hall–Kier alpha value is -3.21. The van der Waals surface area contributed by atoms with Gasteiger partial charge in [0.05, 0.1) is 14.2 Å². The molecule has 0 radical (unpaired) electrons. The van der Waals surface area contributed by atoms with Gasteiger partial charge in [-0.25, -0.2) is 0 Å². The van der Waals surface area contributed by atoms with E-state index >= 15 is 0 Å². The number of oxime groups is 1. The smallest absolute Gasteiger partial charge is 0.134 e. The van der Waals surface area contributed by atoms with E-state index in [1.807, 2.05) is 42.5 Å². The molecule has 0 saturated heterocycles. The molecule has 0 saturated carbocycles. The van der Waals surface area contributed by atoms with Crippen molar-refractivity contribution in [3.8, 4) is 17.2 Å². The molecule has 128 valence electrons. The predicted octanol–water partition coefficient (Wildman–Crippen LogP) is 4.11. The van der Waals surface area contributed by atoms with Crippen molar-refractivity contribution in [1.82, 2.24) is 0 Å². The van der Waals surface area contributed by atoms with Gasteiger partial charge in [-0.1, -0.05) is 41.6 Å². The zero-order valence-electron chi connectivity index (χ0n) is 14.1. The highest BCUT2D eigenvalue weighted by atomic mass is 16.5. The van der Waals surface area contributed by atoms with E-state index < -0.39 is 0 Å². The summed E-state index contributed by atoms with van der Waals surface area (Å²) in [6.45, 7) is 0.0913. The van der Waals surface area contributed by atoms with Gasteiger partial charge in [-0.3, -0.25) is 0 Å². The van der Waals surface area contributed by atoms with E-state index in [2.05, 4.69) is 5.16 Å². The monoisotopic (exact) mass is 337 g/mol. The third-order valence-corrected chi connectivity index (χ3v) is 3.95. The molecule has 0 amide bonds. The molecule has 0 bridgehead atoms. The topological polar surface area (TPSA) is 60.3 Å². The van der Waals surface area contributed by atoms with Crippen molar-refractivity contribution in [2.75, 3.05) is 20.8 Å². The van der Waals surface area contributed by atoms with Crippen LogP contribution in [0.15, 0.2) is 65.8 Å². The van der Waals surface area contributed by atoms with E-state index in [0.29, 0.717) is 22.8 Å². The summed E-state index contributed by atoms with van der Waals surface area (Å²) in [5.74, 6) is 1.94. The fraction of sp³-hybridized carbons (Fsp3) is 0.150. The summed E-state index contributed by atoms with van der Waals surface area (Å²) in [6.07, 6.45) is 0. The minimum Gasteiger partial charge on any atom is -0.497 e. The van der Waals surface area contributed by atoms with Crippen LogP contribution in [0.3, 0.4) is 0 Å². The van der Waals surface area contributed by atoms with Crippen LogP contribution in [0.2, 0.25) is 0 Å². The summed E-state index contributed by atoms with van der Waals surface area (Å²) in [6, 6.07) is 19.1. The van der Waals surface area contributed by atoms with Gasteiger partial charge in [0.15, 0.2) is 0 Å². The Labute approximate surface area is 146 Å². The van der Waals surface area contributed by atoms with Crippen LogP contribution < -0.4 is 14.2 Å². The molecule has 0 atom stereocenters. The number of ether oxygens (including phenoxy) is 3. The first-order chi connectivity index (χ1) is 12.3. The number of hydrogen-bond donors (Lipinski definition) is 1. The summed E-state index contributed by atoms with van der Waals surface area (Å²) in [4.78, 5) is 0. The second-order valence-corrected chi connectivity index (χ2v) is 5.38. The SMILES string of the molecule is COc1ccc(OC)c(/C(COc2cccc3ccccc23)=N/O)c1. The first kappa shape index (κ1) is 16.6. The van der Waals surface area contributed by atoms with E-state index in [0.717, 1.165) is 16.5 Å². The minimum atomic E-state index is 0.0913. The fourth-order valence-corrected chi connectivity index (χ4v) is 2.67. The van der Waals surface area contributed by atoms with E-state index in [-0.39, 0.29) is 6.61 Å².